The Morgan fingerprint density at radius 1 is 1.31 bits per heavy atom. The Morgan fingerprint density at radius 3 is 2.66 bits per heavy atom. The van der Waals surface area contributed by atoms with E-state index in [0.717, 1.165) is 0 Å². The smallest absolute Gasteiger partial charge is 0.309 e. The number of hydrogen-bond donors (Lipinski definition) is 2. The van der Waals surface area contributed by atoms with E-state index in [4.69, 9.17) is 4.74 Å². The molecule has 0 heterocycles. The summed E-state index contributed by atoms with van der Waals surface area (Å²) in [6.07, 6.45) is 6.78. The molecule has 0 saturated heterocycles. The number of ether oxygens (including phenoxy) is 1. The maximum atomic E-state index is 13.0. The number of esters is 1. The lowest BCUT2D eigenvalue weighted by molar-refractivity contribution is -0.174. The number of carboxylic acids is 1. The van der Waals surface area contributed by atoms with Crippen LogP contribution in [0.15, 0.2) is 12.2 Å². The first-order chi connectivity index (χ1) is 15.0. The van der Waals surface area contributed by atoms with Gasteiger partial charge < -0.3 is 14.9 Å². The highest BCUT2D eigenvalue weighted by molar-refractivity contribution is 5.82. The molecule has 8 atom stereocenters. The summed E-state index contributed by atoms with van der Waals surface area (Å²) in [4.78, 5) is 36.7. The van der Waals surface area contributed by atoms with Gasteiger partial charge in [0.15, 0.2) is 0 Å². The van der Waals surface area contributed by atoms with Crippen LogP contribution in [0.2, 0.25) is 0 Å². The van der Waals surface area contributed by atoms with Gasteiger partial charge in [-0.3, -0.25) is 14.4 Å². The summed E-state index contributed by atoms with van der Waals surface area (Å²) in [6, 6.07) is 2.47. The number of methoxy groups -OCH3 is 1. The van der Waals surface area contributed by atoms with Crippen LogP contribution >= 0.6 is 0 Å². The van der Waals surface area contributed by atoms with Crippen molar-refractivity contribution in [2.24, 2.45) is 39.9 Å². The highest BCUT2D eigenvalue weighted by Crippen LogP contribution is 2.70. The number of nitrogens with zero attached hydrogens (tertiary/aromatic N) is 1. The zero-order chi connectivity index (χ0) is 23.5. The minimum atomic E-state index is -1.16. The van der Waals surface area contributed by atoms with E-state index >= 15 is 0 Å². The quantitative estimate of drug-likeness (QED) is 0.505. The number of carboxylic acid groups (broad SMARTS) is 1. The van der Waals surface area contributed by atoms with Crippen molar-refractivity contribution in [2.45, 2.75) is 70.8 Å². The monoisotopic (exact) mass is 443 g/mol. The Kier molecular flexibility index (Phi) is 5.32. The van der Waals surface area contributed by atoms with Crippen molar-refractivity contribution in [3.8, 4) is 6.07 Å². The van der Waals surface area contributed by atoms with E-state index in [-0.39, 0.29) is 55.2 Å². The largest absolute Gasteiger partial charge is 0.481 e. The molecule has 3 saturated carbocycles. The first kappa shape index (κ1) is 23.0. The Bertz CT molecular complexity index is 922. The number of hydrogen-bond acceptors (Lipinski definition) is 6. The molecule has 1 unspecified atom stereocenters. The van der Waals surface area contributed by atoms with Gasteiger partial charge in [-0.05, 0) is 55.3 Å². The third-order valence-corrected chi connectivity index (χ3v) is 9.93. The lowest BCUT2D eigenvalue weighted by atomic mass is 9.39. The number of ketones is 1. The molecule has 0 aromatic carbocycles. The summed E-state index contributed by atoms with van der Waals surface area (Å²) in [5, 5.41) is 31.1. The lowest BCUT2D eigenvalue weighted by Gasteiger charge is -2.62. The molecular weight excluding hydrogens is 410 g/mol. The van der Waals surface area contributed by atoms with Gasteiger partial charge in [-0.1, -0.05) is 26.0 Å². The van der Waals surface area contributed by atoms with E-state index in [9.17, 15) is 29.9 Å². The summed E-state index contributed by atoms with van der Waals surface area (Å²) in [5.74, 6) is -2.03. The predicted molar refractivity (Wildman–Crippen MR) is 114 cm³/mol. The molecule has 7 heteroatoms. The second-order valence-electron chi connectivity index (χ2n) is 11.0. The molecule has 4 aliphatic rings. The van der Waals surface area contributed by atoms with Crippen molar-refractivity contribution in [1.29, 1.82) is 5.26 Å². The number of aliphatic hydroxyl groups is 1. The topological polar surface area (TPSA) is 125 Å². The first-order valence-electron chi connectivity index (χ1n) is 11.6. The number of carbonyl (C=O) groups is 3. The fourth-order valence-corrected chi connectivity index (χ4v) is 7.91. The van der Waals surface area contributed by atoms with Crippen LogP contribution in [-0.2, 0) is 19.1 Å². The molecule has 4 rings (SSSR count). The first-order valence-corrected chi connectivity index (χ1v) is 11.6. The highest BCUT2D eigenvalue weighted by Gasteiger charge is 2.69. The molecule has 0 radical (unpaired) electrons. The zero-order valence-electron chi connectivity index (χ0n) is 19.1. The average molecular weight is 444 g/mol. The number of rotatable bonds is 4. The molecule has 3 fully saturated rings. The Labute approximate surface area is 188 Å². The van der Waals surface area contributed by atoms with Crippen LogP contribution in [0.3, 0.4) is 0 Å². The van der Waals surface area contributed by atoms with Gasteiger partial charge in [0.2, 0.25) is 0 Å². The van der Waals surface area contributed by atoms with Crippen LogP contribution < -0.4 is 0 Å². The SMILES string of the molecule is COC(=O)[C@@H]1CC2(C#N)CC(=O)CC[C@]2(C)[C@H]2C=C[C@@]3(C)[C@@H](CC[C@@]3(O)CCC(=O)O)[C@H]12. The van der Waals surface area contributed by atoms with Crippen LogP contribution in [0.4, 0.5) is 0 Å². The Hall–Kier alpha value is -2.20. The molecular formula is C25H33NO6. The number of allylic oxidation sites excluding steroid dienone is 1. The molecule has 7 nitrogen and oxygen atoms in total. The van der Waals surface area contributed by atoms with E-state index in [1.807, 2.05) is 13.0 Å². The summed E-state index contributed by atoms with van der Waals surface area (Å²) in [7, 11) is 1.35. The van der Waals surface area contributed by atoms with Crippen LogP contribution in [0.5, 0.6) is 0 Å². The molecule has 0 spiro atoms. The zero-order valence-corrected chi connectivity index (χ0v) is 19.1. The fraction of sp³-hybridized carbons (Fsp3) is 0.760. The maximum absolute atomic E-state index is 13.0. The van der Waals surface area contributed by atoms with E-state index < -0.39 is 33.7 Å². The van der Waals surface area contributed by atoms with Gasteiger partial charge in [-0.25, -0.2) is 0 Å². The van der Waals surface area contributed by atoms with Gasteiger partial charge in [-0.2, -0.15) is 5.26 Å². The van der Waals surface area contributed by atoms with E-state index in [1.165, 1.54) is 7.11 Å². The minimum Gasteiger partial charge on any atom is -0.481 e. The molecule has 4 aliphatic carbocycles. The van der Waals surface area contributed by atoms with Gasteiger partial charge in [0.05, 0.1) is 30.1 Å². The van der Waals surface area contributed by atoms with Gasteiger partial charge >= 0.3 is 11.9 Å². The van der Waals surface area contributed by atoms with Crippen LogP contribution in [-0.4, -0.2) is 40.6 Å². The van der Waals surface area contributed by atoms with E-state index in [2.05, 4.69) is 19.1 Å². The van der Waals surface area contributed by atoms with Crippen molar-refractivity contribution >= 4 is 17.7 Å². The highest BCUT2D eigenvalue weighted by atomic mass is 16.5. The molecule has 2 N–H and O–H groups in total. The predicted octanol–water partition coefficient (Wildman–Crippen LogP) is 3.26. The molecule has 0 aromatic heterocycles. The Morgan fingerprint density at radius 2 is 2.03 bits per heavy atom. The maximum Gasteiger partial charge on any atom is 0.309 e. The van der Waals surface area contributed by atoms with Gasteiger partial charge in [0, 0.05) is 24.7 Å². The van der Waals surface area contributed by atoms with Crippen molar-refractivity contribution in [1.82, 2.24) is 0 Å². The second-order valence-corrected chi connectivity index (χ2v) is 11.0. The third kappa shape index (κ3) is 2.91. The number of nitriles is 1. The molecule has 32 heavy (non-hydrogen) atoms. The fourth-order valence-electron chi connectivity index (χ4n) is 7.91. The number of aliphatic carboxylic acids is 1. The number of fused-ring (bicyclic) bond motifs is 5. The number of carbonyl (C=O) groups excluding carboxylic acids is 2. The molecule has 174 valence electrons. The van der Waals surface area contributed by atoms with Crippen LogP contribution in [0.1, 0.15) is 65.2 Å². The normalized spacial score (nSPS) is 47.0. The average Bonchev–Trinajstić information content (AvgIpc) is 3.03. The number of Topliss-reactive ketones (excluding diaryl/α,β-unsaturated/α-hetero) is 1. The summed E-state index contributed by atoms with van der Waals surface area (Å²) in [6.45, 7) is 4.07. The Balaban J connectivity index is 1.82. The second kappa shape index (κ2) is 7.41. The van der Waals surface area contributed by atoms with E-state index in [1.54, 1.807) is 0 Å². The van der Waals surface area contributed by atoms with Gasteiger partial charge in [-0.15, -0.1) is 0 Å². The molecule has 0 bridgehead atoms. The van der Waals surface area contributed by atoms with Crippen molar-refractivity contribution < 1.29 is 29.3 Å². The third-order valence-electron chi connectivity index (χ3n) is 9.93. The van der Waals surface area contributed by atoms with Gasteiger partial charge in [0.25, 0.3) is 0 Å². The van der Waals surface area contributed by atoms with E-state index in [0.29, 0.717) is 25.7 Å². The summed E-state index contributed by atoms with van der Waals surface area (Å²) < 4.78 is 5.18. The van der Waals surface area contributed by atoms with Crippen LogP contribution in [0.25, 0.3) is 0 Å². The van der Waals surface area contributed by atoms with Crippen LogP contribution in [0, 0.1) is 51.2 Å². The van der Waals surface area contributed by atoms with Gasteiger partial charge in [0.1, 0.15) is 5.78 Å². The van der Waals surface area contributed by atoms with Crippen molar-refractivity contribution in [3.63, 3.8) is 0 Å². The standard InChI is InChI=1S/C25H33NO6/c1-22-8-4-15(27)12-24(22,14-26)13-16(21(30)32-3)20-17(22)5-9-23(2)18(20)6-10-25(23,31)11-7-19(28)29/h5,9,16-18,20,31H,4,6-8,10-13H2,1-3H3,(H,28,29)/t16-,17+,18+,20-,22-,23+,24?,25-/m1/s1. The van der Waals surface area contributed by atoms with Crippen molar-refractivity contribution in [3.05, 3.63) is 12.2 Å². The molecule has 0 amide bonds. The minimum absolute atomic E-state index is 0.0356. The summed E-state index contributed by atoms with van der Waals surface area (Å²) >= 11 is 0. The molecule has 0 aliphatic heterocycles. The van der Waals surface area contributed by atoms with Crippen molar-refractivity contribution in [2.75, 3.05) is 7.11 Å². The molecule has 0 aromatic rings. The lowest BCUT2D eigenvalue weighted by Crippen LogP contribution is -2.62. The summed E-state index contributed by atoms with van der Waals surface area (Å²) in [5.41, 5.74) is -3.20.